The van der Waals surface area contributed by atoms with Crippen LogP contribution in [0.15, 0.2) is 0 Å². The molecule has 1 unspecified atom stereocenters. The van der Waals surface area contributed by atoms with Crippen LogP contribution in [-0.2, 0) is 9.53 Å². The van der Waals surface area contributed by atoms with E-state index in [1.807, 2.05) is 0 Å². The fourth-order valence-electron chi connectivity index (χ4n) is 2.57. The first-order chi connectivity index (χ1) is 9.27. The molecule has 0 aromatic carbocycles. The summed E-state index contributed by atoms with van der Waals surface area (Å²) in [6, 6.07) is 0. The van der Waals surface area contributed by atoms with Crippen LogP contribution in [0.1, 0.15) is 65.2 Å². The van der Waals surface area contributed by atoms with Gasteiger partial charge in [0.25, 0.3) is 0 Å². The summed E-state index contributed by atoms with van der Waals surface area (Å²) in [6.45, 7) is 8.06. The Morgan fingerprint density at radius 3 is 2.58 bits per heavy atom. The van der Waals surface area contributed by atoms with Gasteiger partial charge in [-0.3, -0.25) is 9.69 Å². The zero-order chi connectivity index (χ0) is 13.9. The van der Waals surface area contributed by atoms with Gasteiger partial charge < -0.3 is 4.74 Å². The van der Waals surface area contributed by atoms with E-state index in [0.717, 1.165) is 39.1 Å². The van der Waals surface area contributed by atoms with Gasteiger partial charge in [0.15, 0.2) is 5.78 Å². The van der Waals surface area contributed by atoms with E-state index in [1.54, 1.807) is 0 Å². The molecule has 0 N–H and O–H groups in total. The van der Waals surface area contributed by atoms with Crippen molar-refractivity contribution in [2.45, 2.75) is 71.3 Å². The highest BCUT2D eigenvalue weighted by Crippen LogP contribution is 2.12. The maximum absolute atomic E-state index is 12.0. The molecule has 0 spiro atoms. The minimum Gasteiger partial charge on any atom is -0.368 e. The van der Waals surface area contributed by atoms with Gasteiger partial charge in [0.05, 0.1) is 6.61 Å². The van der Waals surface area contributed by atoms with E-state index in [1.165, 1.54) is 32.1 Å². The number of ketones is 1. The van der Waals surface area contributed by atoms with E-state index in [0.29, 0.717) is 12.2 Å². The fraction of sp³-hybridized carbons (Fsp3) is 0.938. The predicted molar refractivity (Wildman–Crippen MR) is 79.5 cm³/mol. The molecule has 1 aliphatic heterocycles. The summed E-state index contributed by atoms with van der Waals surface area (Å²) in [5.74, 6) is 0.312. The van der Waals surface area contributed by atoms with Crippen molar-refractivity contribution < 1.29 is 9.53 Å². The molecule has 3 heteroatoms. The zero-order valence-corrected chi connectivity index (χ0v) is 12.8. The summed E-state index contributed by atoms with van der Waals surface area (Å²) in [6.07, 6.45) is 9.05. The maximum atomic E-state index is 12.0. The first-order valence-electron chi connectivity index (χ1n) is 8.14. The first kappa shape index (κ1) is 16.6. The Balaban J connectivity index is 2.19. The highest BCUT2D eigenvalue weighted by Gasteiger charge is 2.25. The second-order valence-corrected chi connectivity index (χ2v) is 5.64. The van der Waals surface area contributed by atoms with Crippen molar-refractivity contribution >= 4 is 5.78 Å². The van der Waals surface area contributed by atoms with Crippen LogP contribution in [0, 0.1) is 0 Å². The Morgan fingerprint density at radius 2 is 1.84 bits per heavy atom. The fourth-order valence-corrected chi connectivity index (χ4v) is 2.57. The molecule has 0 bridgehead atoms. The largest absolute Gasteiger partial charge is 0.368 e. The normalized spacial score (nSPS) is 20.6. The predicted octanol–water partition coefficient (Wildman–Crippen LogP) is 3.42. The number of ether oxygens (including phenoxy) is 1. The Kier molecular flexibility index (Phi) is 9.10. The molecular formula is C16H31NO2. The third kappa shape index (κ3) is 7.07. The van der Waals surface area contributed by atoms with Crippen molar-refractivity contribution in [2.75, 3.05) is 26.2 Å². The van der Waals surface area contributed by atoms with Crippen molar-refractivity contribution in [3.05, 3.63) is 0 Å². The van der Waals surface area contributed by atoms with Gasteiger partial charge in [-0.1, -0.05) is 46.0 Å². The lowest BCUT2D eigenvalue weighted by atomic mass is 10.1. The second kappa shape index (κ2) is 10.4. The molecule has 0 aromatic rings. The molecule has 1 rings (SSSR count). The summed E-state index contributed by atoms with van der Waals surface area (Å²) in [4.78, 5) is 14.4. The van der Waals surface area contributed by atoms with Crippen molar-refractivity contribution in [1.82, 2.24) is 4.90 Å². The van der Waals surface area contributed by atoms with Gasteiger partial charge in [-0.25, -0.2) is 0 Å². The minimum atomic E-state index is -0.156. The lowest BCUT2D eigenvalue weighted by Gasteiger charge is -2.32. The quantitative estimate of drug-likeness (QED) is 0.569. The van der Waals surface area contributed by atoms with Gasteiger partial charge in [0, 0.05) is 19.5 Å². The molecule has 0 aliphatic carbocycles. The van der Waals surface area contributed by atoms with E-state index < -0.39 is 0 Å². The summed E-state index contributed by atoms with van der Waals surface area (Å²) in [5, 5.41) is 0. The van der Waals surface area contributed by atoms with Crippen LogP contribution in [0.25, 0.3) is 0 Å². The number of rotatable bonds is 10. The SMILES string of the molecule is CCCCCCN1CCOC(C(=O)CCCCC)C1. The number of morpholine rings is 1. The molecule has 0 radical (unpaired) electrons. The van der Waals surface area contributed by atoms with Gasteiger partial charge in [-0.2, -0.15) is 0 Å². The average molecular weight is 269 g/mol. The summed E-state index contributed by atoms with van der Waals surface area (Å²) in [7, 11) is 0. The molecule has 19 heavy (non-hydrogen) atoms. The Labute approximate surface area is 118 Å². The third-order valence-electron chi connectivity index (χ3n) is 3.86. The molecule has 0 saturated carbocycles. The number of hydrogen-bond donors (Lipinski definition) is 0. The Hall–Kier alpha value is -0.410. The van der Waals surface area contributed by atoms with Gasteiger partial charge in [-0.15, -0.1) is 0 Å². The Morgan fingerprint density at radius 1 is 1.11 bits per heavy atom. The molecule has 3 nitrogen and oxygen atoms in total. The van der Waals surface area contributed by atoms with E-state index in [9.17, 15) is 4.79 Å². The zero-order valence-electron chi connectivity index (χ0n) is 12.8. The number of hydrogen-bond acceptors (Lipinski definition) is 3. The summed E-state index contributed by atoms with van der Waals surface area (Å²) >= 11 is 0. The molecule has 1 heterocycles. The molecule has 0 amide bonds. The summed E-state index contributed by atoms with van der Waals surface area (Å²) in [5.41, 5.74) is 0. The highest BCUT2D eigenvalue weighted by atomic mass is 16.5. The van der Waals surface area contributed by atoms with Crippen molar-refractivity contribution in [3.63, 3.8) is 0 Å². The molecule has 1 saturated heterocycles. The van der Waals surface area contributed by atoms with E-state index >= 15 is 0 Å². The number of Topliss-reactive ketones (excluding diaryl/α,β-unsaturated/α-hetero) is 1. The maximum Gasteiger partial charge on any atom is 0.162 e. The highest BCUT2D eigenvalue weighted by molar-refractivity contribution is 5.83. The molecule has 1 atom stereocenters. The summed E-state index contributed by atoms with van der Waals surface area (Å²) < 4.78 is 5.64. The third-order valence-corrected chi connectivity index (χ3v) is 3.86. The second-order valence-electron chi connectivity index (χ2n) is 5.64. The van der Waals surface area contributed by atoms with Crippen LogP contribution in [-0.4, -0.2) is 43.0 Å². The van der Waals surface area contributed by atoms with Crippen LogP contribution >= 0.6 is 0 Å². The van der Waals surface area contributed by atoms with Crippen LogP contribution < -0.4 is 0 Å². The van der Waals surface area contributed by atoms with E-state index in [2.05, 4.69) is 18.7 Å². The number of unbranched alkanes of at least 4 members (excludes halogenated alkanes) is 5. The number of carbonyl (C=O) groups is 1. The van der Waals surface area contributed by atoms with Crippen molar-refractivity contribution in [2.24, 2.45) is 0 Å². The first-order valence-corrected chi connectivity index (χ1v) is 8.14. The van der Waals surface area contributed by atoms with Gasteiger partial charge in [0.2, 0.25) is 0 Å². The van der Waals surface area contributed by atoms with Gasteiger partial charge in [-0.05, 0) is 19.4 Å². The minimum absolute atomic E-state index is 0.156. The topological polar surface area (TPSA) is 29.5 Å². The van der Waals surface area contributed by atoms with Crippen LogP contribution in [0.3, 0.4) is 0 Å². The lowest BCUT2D eigenvalue weighted by Crippen LogP contribution is -2.46. The van der Waals surface area contributed by atoms with Gasteiger partial charge in [0.1, 0.15) is 6.10 Å². The average Bonchev–Trinajstić information content (AvgIpc) is 2.44. The van der Waals surface area contributed by atoms with Crippen LogP contribution in [0.5, 0.6) is 0 Å². The van der Waals surface area contributed by atoms with E-state index in [-0.39, 0.29) is 6.10 Å². The van der Waals surface area contributed by atoms with Crippen molar-refractivity contribution in [1.29, 1.82) is 0 Å². The van der Waals surface area contributed by atoms with Crippen molar-refractivity contribution in [3.8, 4) is 0 Å². The number of nitrogens with zero attached hydrogens (tertiary/aromatic N) is 1. The smallest absolute Gasteiger partial charge is 0.162 e. The molecule has 1 aliphatic rings. The number of carbonyl (C=O) groups excluding carboxylic acids is 1. The van der Waals surface area contributed by atoms with Gasteiger partial charge >= 0.3 is 0 Å². The molecule has 112 valence electrons. The standard InChI is InChI=1S/C16H31NO2/c1-3-5-7-9-11-17-12-13-19-16(14-17)15(18)10-8-6-4-2/h16H,3-14H2,1-2H3. The lowest BCUT2D eigenvalue weighted by molar-refractivity contribution is -0.136. The Bertz CT molecular complexity index is 243. The molecule has 0 aromatic heterocycles. The molecular weight excluding hydrogens is 238 g/mol. The van der Waals surface area contributed by atoms with Crippen LogP contribution in [0.2, 0.25) is 0 Å². The van der Waals surface area contributed by atoms with Crippen LogP contribution in [0.4, 0.5) is 0 Å². The monoisotopic (exact) mass is 269 g/mol. The molecule has 1 fully saturated rings. The van der Waals surface area contributed by atoms with E-state index in [4.69, 9.17) is 4.74 Å².